The Balaban J connectivity index is 3.05. The van der Waals surface area contributed by atoms with Gasteiger partial charge in [-0.2, -0.15) is 24.4 Å². The van der Waals surface area contributed by atoms with Crippen LogP contribution in [0.2, 0.25) is 0 Å². The monoisotopic (exact) mass is 221 g/mol. The van der Waals surface area contributed by atoms with Crippen molar-refractivity contribution in [2.45, 2.75) is 26.7 Å². The molecule has 3 heteroatoms. The molecule has 0 saturated carbocycles. The fourth-order valence-corrected chi connectivity index (χ4v) is 2.37. The van der Waals surface area contributed by atoms with Crippen LogP contribution in [0.25, 0.3) is 0 Å². The van der Waals surface area contributed by atoms with Crippen molar-refractivity contribution in [2.24, 2.45) is 0 Å². The van der Waals surface area contributed by atoms with E-state index >= 15 is 0 Å². The van der Waals surface area contributed by atoms with E-state index in [9.17, 15) is 0 Å². The average Bonchev–Trinajstić information content (AvgIpc) is 2.17. The van der Waals surface area contributed by atoms with Crippen molar-refractivity contribution < 1.29 is 0 Å². The van der Waals surface area contributed by atoms with E-state index in [1.165, 1.54) is 44.0 Å². The lowest BCUT2D eigenvalue weighted by Crippen LogP contribution is -2.25. The maximum atomic E-state index is 4.19. The van der Waals surface area contributed by atoms with Gasteiger partial charge in [-0.05, 0) is 37.4 Å². The molecular formula is C10H23NS2. The van der Waals surface area contributed by atoms with Gasteiger partial charge in [-0.15, -0.1) is 0 Å². The molecule has 0 fully saturated rings. The first-order valence-corrected chi connectivity index (χ1v) is 7.04. The Labute approximate surface area is 93.1 Å². The predicted octanol–water partition coefficient (Wildman–Crippen LogP) is 2.77. The number of thioether (sulfide) groups is 1. The van der Waals surface area contributed by atoms with Crippen molar-refractivity contribution >= 4 is 24.4 Å². The van der Waals surface area contributed by atoms with Gasteiger partial charge in [-0.3, -0.25) is 0 Å². The molecule has 1 nitrogen and oxygen atoms in total. The average molecular weight is 221 g/mol. The van der Waals surface area contributed by atoms with Gasteiger partial charge in [0.15, 0.2) is 0 Å². The highest BCUT2D eigenvalue weighted by Crippen LogP contribution is 2.05. The third-order valence-corrected chi connectivity index (χ3v) is 3.51. The van der Waals surface area contributed by atoms with E-state index in [4.69, 9.17) is 0 Å². The Morgan fingerprint density at radius 3 is 2.31 bits per heavy atom. The molecule has 0 heterocycles. The predicted molar refractivity (Wildman–Crippen MR) is 68.2 cm³/mol. The highest BCUT2D eigenvalue weighted by Gasteiger charge is 1.97. The number of hydrogen-bond acceptors (Lipinski definition) is 3. The molecule has 0 amide bonds. The van der Waals surface area contributed by atoms with Crippen LogP contribution in [0.1, 0.15) is 26.7 Å². The number of nitrogens with zero attached hydrogens (tertiary/aromatic N) is 1. The molecule has 0 saturated heterocycles. The van der Waals surface area contributed by atoms with Gasteiger partial charge in [0.2, 0.25) is 0 Å². The molecule has 0 aromatic heterocycles. The highest BCUT2D eigenvalue weighted by molar-refractivity contribution is 7.99. The summed E-state index contributed by atoms with van der Waals surface area (Å²) in [4.78, 5) is 2.48. The smallest absolute Gasteiger partial charge is 0.00721 e. The first-order valence-electron chi connectivity index (χ1n) is 5.26. The van der Waals surface area contributed by atoms with E-state index in [0.717, 1.165) is 5.75 Å². The molecule has 0 aliphatic carbocycles. The van der Waals surface area contributed by atoms with Crippen molar-refractivity contribution in [3.63, 3.8) is 0 Å². The van der Waals surface area contributed by atoms with Crippen molar-refractivity contribution in [3.05, 3.63) is 0 Å². The Morgan fingerprint density at radius 2 is 1.77 bits per heavy atom. The van der Waals surface area contributed by atoms with E-state index < -0.39 is 0 Å². The molecule has 0 aromatic rings. The summed E-state index contributed by atoms with van der Waals surface area (Å²) in [7, 11) is 0. The zero-order valence-electron chi connectivity index (χ0n) is 8.96. The summed E-state index contributed by atoms with van der Waals surface area (Å²) in [6, 6.07) is 0. The van der Waals surface area contributed by atoms with Crippen molar-refractivity contribution in [1.29, 1.82) is 0 Å². The number of rotatable bonds is 9. The lowest BCUT2D eigenvalue weighted by molar-refractivity contribution is 0.324. The molecule has 0 aliphatic heterocycles. The van der Waals surface area contributed by atoms with E-state index in [1.54, 1.807) is 0 Å². The molecule has 13 heavy (non-hydrogen) atoms. The van der Waals surface area contributed by atoms with E-state index in [2.05, 4.69) is 43.1 Å². The topological polar surface area (TPSA) is 3.24 Å². The van der Waals surface area contributed by atoms with Crippen molar-refractivity contribution in [3.8, 4) is 0 Å². The van der Waals surface area contributed by atoms with Crippen LogP contribution in [-0.2, 0) is 0 Å². The third-order valence-electron chi connectivity index (χ3n) is 2.14. The quantitative estimate of drug-likeness (QED) is 0.471. The molecule has 0 bridgehead atoms. The Kier molecular flexibility index (Phi) is 11.3. The molecule has 0 unspecified atom stereocenters. The summed E-state index contributed by atoms with van der Waals surface area (Å²) in [5.41, 5.74) is 0. The van der Waals surface area contributed by atoms with Crippen LogP contribution in [0.15, 0.2) is 0 Å². The minimum Gasteiger partial charge on any atom is -0.303 e. The van der Waals surface area contributed by atoms with Gasteiger partial charge in [-0.1, -0.05) is 13.8 Å². The highest BCUT2D eigenvalue weighted by atomic mass is 32.2. The minimum absolute atomic E-state index is 1.04. The van der Waals surface area contributed by atoms with Crippen LogP contribution < -0.4 is 0 Å². The molecule has 0 N–H and O–H groups in total. The Hall–Kier alpha value is 0.660. The maximum Gasteiger partial charge on any atom is 0.00721 e. The molecule has 0 radical (unpaired) electrons. The lowest BCUT2D eigenvalue weighted by atomic mass is 10.4. The zero-order chi connectivity index (χ0) is 9.94. The maximum absolute atomic E-state index is 4.19. The second-order valence-corrected chi connectivity index (χ2v) is 4.74. The van der Waals surface area contributed by atoms with Crippen LogP contribution in [0.3, 0.4) is 0 Å². The van der Waals surface area contributed by atoms with Gasteiger partial charge in [0, 0.05) is 12.3 Å². The second kappa shape index (κ2) is 10.7. The normalized spacial score (nSPS) is 11.1. The molecular weight excluding hydrogens is 198 g/mol. The van der Waals surface area contributed by atoms with Crippen LogP contribution >= 0.6 is 24.4 Å². The minimum atomic E-state index is 1.04. The van der Waals surface area contributed by atoms with Crippen LogP contribution in [0.4, 0.5) is 0 Å². The van der Waals surface area contributed by atoms with Gasteiger partial charge in [0.1, 0.15) is 0 Å². The Morgan fingerprint density at radius 1 is 1.08 bits per heavy atom. The van der Waals surface area contributed by atoms with Gasteiger partial charge < -0.3 is 4.90 Å². The summed E-state index contributed by atoms with van der Waals surface area (Å²) in [6.45, 7) is 8.09. The first kappa shape index (κ1) is 13.7. The molecule has 0 aromatic carbocycles. The molecule has 0 spiro atoms. The van der Waals surface area contributed by atoms with Gasteiger partial charge in [0.05, 0.1) is 0 Å². The lowest BCUT2D eigenvalue weighted by Gasteiger charge is -2.17. The fourth-order valence-electron chi connectivity index (χ4n) is 1.15. The van der Waals surface area contributed by atoms with Gasteiger partial charge in [-0.25, -0.2) is 0 Å². The largest absolute Gasteiger partial charge is 0.303 e. The number of hydrogen-bond donors (Lipinski definition) is 1. The summed E-state index contributed by atoms with van der Waals surface area (Å²) in [5, 5.41) is 0. The van der Waals surface area contributed by atoms with Crippen LogP contribution in [0.5, 0.6) is 0 Å². The zero-order valence-corrected chi connectivity index (χ0v) is 10.7. The van der Waals surface area contributed by atoms with E-state index in [-0.39, 0.29) is 0 Å². The van der Waals surface area contributed by atoms with E-state index in [1.807, 2.05) is 0 Å². The molecule has 0 atom stereocenters. The summed E-state index contributed by atoms with van der Waals surface area (Å²) in [5.74, 6) is 3.63. The summed E-state index contributed by atoms with van der Waals surface area (Å²) >= 11 is 6.27. The van der Waals surface area contributed by atoms with Gasteiger partial charge >= 0.3 is 0 Å². The molecule has 0 rings (SSSR count). The first-order chi connectivity index (χ1) is 6.35. The Bertz CT molecular complexity index is 94.9. The SMILES string of the molecule is CCN(CC)CCSCCCCS. The fraction of sp³-hybridized carbons (Fsp3) is 1.00. The van der Waals surface area contributed by atoms with Crippen molar-refractivity contribution in [1.82, 2.24) is 4.90 Å². The standard InChI is InChI=1S/C10H23NS2/c1-3-11(4-2)7-10-13-9-6-5-8-12/h12H,3-10H2,1-2H3. The molecule has 80 valence electrons. The number of thiol groups is 1. The second-order valence-electron chi connectivity index (χ2n) is 3.07. The van der Waals surface area contributed by atoms with Crippen molar-refractivity contribution in [2.75, 3.05) is 36.9 Å². The van der Waals surface area contributed by atoms with Gasteiger partial charge in [0.25, 0.3) is 0 Å². The van der Waals surface area contributed by atoms with Crippen LogP contribution in [0, 0.1) is 0 Å². The van der Waals surface area contributed by atoms with Crippen LogP contribution in [-0.4, -0.2) is 41.8 Å². The molecule has 0 aliphatic rings. The summed E-state index contributed by atoms with van der Waals surface area (Å²) in [6.07, 6.45) is 2.59. The third kappa shape index (κ3) is 8.98. The number of unbranched alkanes of at least 4 members (excludes halogenated alkanes) is 1. The van der Waals surface area contributed by atoms with E-state index in [0.29, 0.717) is 0 Å². The summed E-state index contributed by atoms with van der Waals surface area (Å²) < 4.78 is 0.